The summed E-state index contributed by atoms with van der Waals surface area (Å²) in [4.78, 5) is 26.9. The normalized spacial score (nSPS) is 21.1. The lowest BCUT2D eigenvalue weighted by atomic mass is 9.93. The van der Waals surface area contributed by atoms with E-state index in [0.717, 1.165) is 25.7 Å². The summed E-state index contributed by atoms with van der Waals surface area (Å²) in [6, 6.07) is 7.45. The van der Waals surface area contributed by atoms with E-state index in [1.54, 1.807) is 18.1 Å². The summed E-state index contributed by atoms with van der Waals surface area (Å²) in [6.45, 7) is 1.16. The number of ether oxygens (including phenoxy) is 1. The maximum Gasteiger partial charge on any atom is 0.321 e. The zero-order valence-corrected chi connectivity index (χ0v) is 15.5. The second-order valence-electron chi connectivity index (χ2n) is 7.29. The molecule has 0 aromatic heterocycles. The Kier molecular flexibility index (Phi) is 6.36. The van der Waals surface area contributed by atoms with Crippen molar-refractivity contribution in [3.63, 3.8) is 0 Å². The summed E-state index contributed by atoms with van der Waals surface area (Å²) in [5.41, 5.74) is 0.697. The fraction of sp³-hybridized carbons (Fsp3) is 0.600. The lowest BCUT2D eigenvalue weighted by Gasteiger charge is -2.33. The average Bonchev–Trinajstić information content (AvgIpc) is 2.69. The van der Waals surface area contributed by atoms with E-state index in [9.17, 15) is 9.59 Å². The first-order chi connectivity index (χ1) is 12.7. The molecule has 0 unspecified atom stereocenters. The van der Waals surface area contributed by atoms with E-state index in [1.165, 1.54) is 19.3 Å². The van der Waals surface area contributed by atoms with Crippen LogP contribution in [0, 0.1) is 5.92 Å². The molecule has 1 heterocycles. The number of nitrogens with zero attached hydrogens (tertiary/aromatic N) is 1. The third-order valence-electron chi connectivity index (χ3n) is 5.35. The van der Waals surface area contributed by atoms with Gasteiger partial charge in [0.2, 0.25) is 5.91 Å². The second-order valence-corrected chi connectivity index (χ2v) is 7.29. The molecule has 6 nitrogen and oxygen atoms in total. The van der Waals surface area contributed by atoms with Gasteiger partial charge in [0.1, 0.15) is 5.75 Å². The molecule has 3 amide bonds. The third-order valence-corrected chi connectivity index (χ3v) is 5.35. The molecule has 6 heteroatoms. The molecule has 1 aromatic carbocycles. The van der Waals surface area contributed by atoms with E-state index in [2.05, 4.69) is 10.6 Å². The van der Waals surface area contributed by atoms with Gasteiger partial charge >= 0.3 is 6.03 Å². The number of hydrogen-bond donors (Lipinski definition) is 2. The van der Waals surface area contributed by atoms with Gasteiger partial charge in [0.05, 0.1) is 13.0 Å². The van der Waals surface area contributed by atoms with Crippen molar-refractivity contribution in [2.24, 2.45) is 5.92 Å². The predicted molar refractivity (Wildman–Crippen MR) is 101 cm³/mol. The lowest BCUT2D eigenvalue weighted by molar-refractivity contribution is -0.127. The van der Waals surface area contributed by atoms with Crippen LogP contribution in [-0.2, 0) is 4.79 Å². The number of carbonyl (C=O) groups excluding carboxylic acids is 2. The predicted octanol–water partition coefficient (Wildman–Crippen LogP) is 3.39. The molecule has 0 bridgehead atoms. The minimum Gasteiger partial charge on any atom is -0.497 e. The second kappa shape index (κ2) is 8.92. The van der Waals surface area contributed by atoms with Crippen LogP contribution in [0.1, 0.15) is 44.9 Å². The average molecular weight is 359 g/mol. The lowest BCUT2D eigenvalue weighted by Crippen LogP contribution is -2.48. The molecular formula is C20H29N3O3. The van der Waals surface area contributed by atoms with Gasteiger partial charge in [-0.05, 0) is 37.8 Å². The molecular weight excluding hydrogens is 330 g/mol. The maximum atomic E-state index is 12.6. The SMILES string of the molecule is COc1cccc(NC(=O)N2CCC[C@@H](C(=O)NC3CCCCC3)C2)c1. The molecule has 1 aromatic rings. The minimum absolute atomic E-state index is 0.107. The molecule has 1 aliphatic carbocycles. The van der Waals surface area contributed by atoms with Crippen molar-refractivity contribution in [1.29, 1.82) is 0 Å². The van der Waals surface area contributed by atoms with Crippen molar-refractivity contribution in [3.8, 4) is 5.75 Å². The minimum atomic E-state index is -0.159. The Bertz CT molecular complexity index is 628. The molecule has 1 atom stereocenters. The molecule has 142 valence electrons. The summed E-state index contributed by atoms with van der Waals surface area (Å²) < 4.78 is 5.18. The van der Waals surface area contributed by atoms with Crippen molar-refractivity contribution < 1.29 is 14.3 Å². The van der Waals surface area contributed by atoms with Crippen LogP contribution in [0.15, 0.2) is 24.3 Å². The number of rotatable bonds is 4. The van der Waals surface area contributed by atoms with Crippen molar-refractivity contribution in [1.82, 2.24) is 10.2 Å². The number of benzene rings is 1. The van der Waals surface area contributed by atoms with Gasteiger partial charge in [-0.3, -0.25) is 4.79 Å². The number of methoxy groups -OCH3 is 1. The first-order valence-corrected chi connectivity index (χ1v) is 9.66. The molecule has 2 N–H and O–H groups in total. The number of amides is 3. The molecule has 1 saturated heterocycles. The summed E-state index contributed by atoms with van der Waals surface area (Å²) in [7, 11) is 1.60. The molecule has 1 aliphatic heterocycles. The summed E-state index contributed by atoms with van der Waals surface area (Å²) in [6.07, 6.45) is 7.54. The van der Waals surface area contributed by atoms with E-state index in [1.807, 2.05) is 18.2 Å². The van der Waals surface area contributed by atoms with Crippen molar-refractivity contribution in [3.05, 3.63) is 24.3 Å². The Morgan fingerprint density at radius 2 is 1.92 bits per heavy atom. The van der Waals surface area contributed by atoms with Gasteiger partial charge in [-0.1, -0.05) is 25.3 Å². The van der Waals surface area contributed by atoms with Gasteiger partial charge in [-0.15, -0.1) is 0 Å². The van der Waals surface area contributed by atoms with Crippen LogP contribution in [0.3, 0.4) is 0 Å². The van der Waals surface area contributed by atoms with Gasteiger partial charge in [0.15, 0.2) is 0 Å². The van der Waals surface area contributed by atoms with E-state index >= 15 is 0 Å². The highest BCUT2D eigenvalue weighted by Crippen LogP contribution is 2.22. The number of carbonyl (C=O) groups is 2. The van der Waals surface area contributed by atoms with Crippen LogP contribution in [0.4, 0.5) is 10.5 Å². The fourth-order valence-corrected chi connectivity index (χ4v) is 3.84. The summed E-state index contributed by atoms with van der Waals surface area (Å²) in [5.74, 6) is 0.698. The van der Waals surface area contributed by atoms with Crippen LogP contribution in [0.25, 0.3) is 0 Å². The molecule has 1 saturated carbocycles. The molecule has 26 heavy (non-hydrogen) atoms. The van der Waals surface area contributed by atoms with Crippen LogP contribution in [0.2, 0.25) is 0 Å². The smallest absolute Gasteiger partial charge is 0.321 e. The van der Waals surface area contributed by atoms with Crippen molar-refractivity contribution in [2.45, 2.75) is 51.0 Å². The Morgan fingerprint density at radius 1 is 1.12 bits per heavy atom. The standard InChI is InChI=1S/C20H29N3O3/c1-26-18-11-5-10-17(13-18)22-20(25)23-12-6-7-15(14-23)19(24)21-16-8-3-2-4-9-16/h5,10-11,13,15-16H,2-4,6-9,12,14H2,1H3,(H,21,24)(H,22,25)/t15-/m1/s1. The molecule has 0 spiro atoms. The Morgan fingerprint density at radius 3 is 2.69 bits per heavy atom. The van der Waals surface area contributed by atoms with Gasteiger partial charge < -0.3 is 20.3 Å². The summed E-state index contributed by atoms with van der Waals surface area (Å²) >= 11 is 0. The largest absolute Gasteiger partial charge is 0.497 e. The molecule has 3 rings (SSSR count). The van der Waals surface area contributed by atoms with Gasteiger partial charge in [-0.25, -0.2) is 4.79 Å². The molecule has 2 aliphatic rings. The van der Waals surface area contributed by atoms with Crippen LogP contribution in [-0.4, -0.2) is 43.1 Å². The van der Waals surface area contributed by atoms with E-state index in [-0.39, 0.29) is 17.9 Å². The van der Waals surface area contributed by atoms with Crippen molar-refractivity contribution in [2.75, 3.05) is 25.5 Å². The first kappa shape index (κ1) is 18.5. The zero-order chi connectivity index (χ0) is 18.4. The van der Waals surface area contributed by atoms with Gasteiger partial charge in [0, 0.05) is 30.9 Å². The number of hydrogen-bond acceptors (Lipinski definition) is 3. The van der Waals surface area contributed by atoms with Crippen LogP contribution < -0.4 is 15.4 Å². The number of anilines is 1. The number of nitrogens with one attached hydrogen (secondary N) is 2. The molecule has 0 radical (unpaired) electrons. The van der Waals surface area contributed by atoms with Crippen molar-refractivity contribution >= 4 is 17.6 Å². The van der Waals surface area contributed by atoms with E-state index in [0.29, 0.717) is 30.6 Å². The highest BCUT2D eigenvalue weighted by atomic mass is 16.5. The van der Waals surface area contributed by atoms with E-state index < -0.39 is 0 Å². The monoisotopic (exact) mass is 359 g/mol. The first-order valence-electron chi connectivity index (χ1n) is 9.66. The van der Waals surface area contributed by atoms with Gasteiger partial charge in [-0.2, -0.15) is 0 Å². The topological polar surface area (TPSA) is 70.7 Å². The fourth-order valence-electron chi connectivity index (χ4n) is 3.84. The number of urea groups is 1. The quantitative estimate of drug-likeness (QED) is 0.866. The zero-order valence-electron chi connectivity index (χ0n) is 15.5. The summed E-state index contributed by atoms with van der Waals surface area (Å²) in [5, 5.41) is 6.10. The Balaban J connectivity index is 1.53. The Labute approximate surface area is 155 Å². The third kappa shape index (κ3) is 4.90. The van der Waals surface area contributed by atoms with Gasteiger partial charge in [0.25, 0.3) is 0 Å². The number of likely N-dealkylation sites (tertiary alicyclic amines) is 1. The van der Waals surface area contributed by atoms with Crippen LogP contribution in [0.5, 0.6) is 5.75 Å². The van der Waals surface area contributed by atoms with Crippen LogP contribution >= 0.6 is 0 Å². The van der Waals surface area contributed by atoms with E-state index in [4.69, 9.17) is 4.74 Å². The highest BCUT2D eigenvalue weighted by molar-refractivity contribution is 5.90. The number of piperidine rings is 1. The maximum absolute atomic E-state index is 12.6. The molecule has 2 fully saturated rings. The highest BCUT2D eigenvalue weighted by Gasteiger charge is 2.29. The Hall–Kier alpha value is -2.24.